The Morgan fingerprint density at radius 1 is 1.15 bits per heavy atom. The van der Waals surface area contributed by atoms with Gasteiger partial charge in [0.1, 0.15) is 13.2 Å². The van der Waals surface area contributed by atoms with Crippen molar-refractivity contribution in [2.45, 2.75) is 0 Å². The zero-order valence-corrected chi connectivity index (χ0v) is 14.5. The molecule has 0 saturated carbocycles. The molecule has 8 heteroatoms. The third-order valence-corrected chi connectivity index (χ3v) is 3.78. The lowest BCUT2D eigenvalue weighted by atomic mass is 10.1. The van der Waals surface area contributed by atoms with E-state index in [1.54, 1.807) is 30.3 Å². The van der Waals surface area contributed by atoms with Gasteiger partial charge in [0, 0.05) is 19.2 Å². The Kier molecular flexibility index (Phi) is 5.80. The van der Waals surface area contributed by atoms with Crippen LogP contribution in [0.25, 0.3) is 6.08 Å². The maximum atomic E-state index is 11.8. The van der Waals surface area contributed by atoms with Crippen molar-refractivity contribution in [3.8, 4) is 11.5 Å². The van der Waals surface area contributed by atoms with Crippen LogP contribution in [0.5, 0.6) is 11.5 Å². The fraction of sp³-hybridized carbons (Fsp3) is 0.222. The number of rotatable bonds is 6. The summed E-state index contributed by atoms with van der Waals surface area (Å²) in [6.07, 6.45) is 4.43. The molecule has 0 saturated heterocycles. The highest BCUT2D eigenvalue weighted by Crippen LogP contribution is 2.38. The van der Waals surface area contributed by atoms with Crippen molar-refractivity contribution in [1.29, 1.82) is 0 Å². The predicted molar refractivity (Wildman–Crippen MR) is 95.5 cm³/mol. The molecule has 0 atom stereocenters. The molecule has 2 heterocycles. The number of carbonyl (C=O) groups excluding carboxylic acids is 2. The molecule has 0 bridgehead atoms. The highest BCUT2D eigenvalue weighted by atomic mass is 35.5. The van der Waals surface area contributed by atoms with Gasteiger partial charge in [0.25, 0.3) is 5.91 Å². The van der Waals surface area contributed by atoms with Gasteiger partial charge in [-0.2, -0.15) is 0 Å². The van der Waals surface area contributed by atoms with Gasteiger partial charge in [-0.15, -0.1) is 0 Å². The lowest BCUT2D eigenvalue weighted by Gasteiger charge is -2.19. The number of nitrogens with one attached hydrogen (secondary N) is 2. The summed E-state index contributed by atoms with van der Waals surface area (Å²) < 4.78 is 15.9. The molecule has 2 amide bonds. The summed E-state index contributed by atoms with van der Waals surface area (Å²) in [5, 5.41) is 5.74. The number of amides is 2. The first kappa shape index (κ1) is 17.9. The molecule has 0 aliphatic carbocycles. The Hall–Kier alpha value is -2.93. The van der Waals surface area contributed by atoms with Crippen LogP contribution in [0.15, 0.2) is 41.0 Å². The van der Waals surface area contributed by atoms with E-state index in [-0.39, 0.29) is 30.7 Å². The minimum atomic E-state index is -0.328. The van der Waals surface area contributed by atoms with Crippen LogP contribution in [0.2, 0.25) is 5.02 Å². The quantitative estimate of drug-likeness (QED) is 0.596. The van der Waals surface area contributed by atoms with Crippen LogP contribution in [-0.4, -0.2) is 38.1 Å². The third kappa shape index (κ3) is 4.58. The molecule has 0 fully saturated rings. The highest BCUT2D eigenvalue weighted by Gasteiger charge is 2.16. The second kappa shape index (κ2) is 8.44. The van der Waals surface area contributed by atoms with Gasteiger partial charge in [-0.25, -0.2) is 0 Å². The number of ether oxygens (including phenoxy) is 2. The topological polar surface area (TPSA) is 89.8 Å². The van der Waals surface area contributed by atoms with Crippen LogP contribution >= 0.6 is 11.6 Å². The summed E-state index contributed by atoms with van der Waals surface area (Å²) >= 11 is 6.15. The Morgan fingerprint density at radius 3 is 2.77 bits per heavy atom. The van der Waals surface area contributed by atoms with E-state index in [0.717, 1.165) is 5.56 Å². The number of carbonyl (C=O) groups is 2. The van der Waals surface area contributed by atoms with Crippen LogP contribution in [0.4, 0.5) is 0 Å². The summed E-state index contributed by atoms with van der Waals surface area (Å²) in [4.78, 5) is 23.5. The largest absolute Gasteiger partial charge is 0.486 e. The number of hydrogen-bond donors (Lipinski definition) is 2. The summed E-state index contributed by atoms with van der Waals surface area (Å²) in [5.41, 5.74) is 0.723. The summed E-state index contributed by atoms with van der Waals surface area (Å²) in [5.74, 6) is 0.692. The molecule has 2 aromatic rings. The van der Waals surface area contributed by atoms with E-state index in [4.69, 9.17) is 25.5 Å². The summed E-state index contributed by atoms with van der Waals surface area (Å²) in [6.45, 7) is 1.49. The predicted octanol–water partition coefficient (Wildman–Crippen LogP) is 2.26. The molecule has 7 nitrogen and oxygen atoms in total. The second-order valence-electron chi connectivity index (χ2n) is 5.38. The first-order valence-corrected chi connectivity index (χ1v) is 8.38. The molecule has 0 unspecified atom stereocenters. The maximum absolute atomic E-state index is 11.8. The van der Waals surface area contributed by atoms with E-state index < -0.39 is 0 Å². The average Bonchev–Trinajstić information content (AvgIpc) is 3.18. The first-order chi connectivity index (χ1) is 12.6. The summed E-state index contributed by atoms with van der Waals surface area (Å²) in [7, 11) is 0. The maximum Gasteiger partial charge on any atom is 0.287 e. The van der Waals surface area contributed by atoms with Gasteiger partial charge in [0.15, 0.2) is 17.3 Å². The molecule has 3 rings (SSSR count). The Labute approximate surface area is 154 Å². The monoisotopic (exact) mass is 376 g/mol. The number of hydrogen-bond acceptors (Lipinski definition) is 5. The lowest BCUT2D eigenvalue weighted by Crippen LogP contribution is -2.33. The van der Waals surface area contributed by atoms with Crippen LogP contribution in [0.3, 0.4) is 0 Å². The minimum Gasteiger partial charge on any atom is -0.486 e. The Morgan fingerprint density at radius 2 is 1.96 bits per heavy atom. The fourth-order valence-electron chi connectivity index (χ4n) is 2.31. The van der Waals surface area contributed by atoms with Crippen LogP contribution in [-0.2, 0) is 4.79 Å². The van der Waals surface area contributed by atoms with Gasteiger partial charge in [0.05, 0.1) is 11.3 Å². The molecular formula is C18H17ClN2O5. The van der Waals surface area contributed by atoms with Gasteiger partial charge >= 0.3 is 0 Å². The SMILES string of the molecule is O=C(/C=C/c1cc(Cl)c2c(c1)OCCO2)NCCNC(=O)c1ccco1. The molecule has 136 valence electrons. The van der Waals surface area contributed by atoms with E-state index in [2.05, 4.69) is 10.6 Å². The van der Waals surface area contributed by atoms with Crippen LogP contribution in [0.1, 0.15) is 16.1 Å². The van der Waals surface area contributed by atoms with Crippen molar-refractivity contribution in [1.82, 2.24) is 10.6 Å². The Bertz CT molecular complexity index is 817. The van der Waals surface area contributed by atoms with E-state index in [9.17, 15) is 9.59 Å². The van der Waals surface area contributed by atoms with Crippen molar-refractivity contribution in [2.24, 2.45) is 0 Å². The molecule has 0 radical (unpaired) electrons. The van der Waals surface area contributed by atoms with Gasteiger partial charge in [0.2, 0.25) is 5.91 Å². The number of benzene rings is 1. The highest BCUT2D eigenvalue weighted by molar-refractivity contribution is 6.32. The van der Waals surface area contributed by atoms with E-state index in [1.807, 2.05) is 0 Å². The van der Waals surface area contributed by atoms with Crippen molar-refractivity contribution in [3.05, 3.63) is 53.0 Å². The second-order valence-corrected chi connectivity index (χ2v) is 5.79. The van der Waals surface area contributed by atoms with Gasteiger partial charge in [-0.1, -0.05) is 11.6 Å². The third-order valence-electron chi connectivity index (χ3n) is 3.50. The van der Waals surface area contributed by atoms with Crippen molar-refractivity contribution < 1.29 is 23.5 Å². The lowest BCUT2D eigenvalue weighted by molar-refractivity contribution is -0.116. The molecule has 1 aliphatic heterocycles. The normalized spacial score (nSPS) is 12.8. The van der Waals surface area contributed by atoms with Crippen LogP contribution < -0.4 is 20.1 Å². The first-order valence-electron chi connectivity index (χ1n) is 8.00. The average molecular weight is 377 g/mol. The molecule has 2 N–H and O–H groups in total. The summed E-state index contributed by atoms with van der Waals surface area (Å²) in [6, 6.07) is 6.65. The molecule has 26 heavy (non-hydrogen) atoms. The van der Waals surface area contributed by atoms with Crippen molar-refractivity contribution in [3.63, 3.8) is 0 Å². The molecule has 1 aromatic carbocycles. The van der Waals surface area contributed by atoms with E-state index >= 15 is 0 Å². The van der Waals surface area contributed by atoms with Gasteiger partial charge < -0.3 is 24.5 Å². The van der Waals surface area contributed by atoms with Gasteiger partial charge in [-0.3, -0.25) is 9.59 Å². The number of furan rings is 1. The zero-order valence-electron chi connectivity index (χ0n) is 13.8. The van der Waals surface area contributed by atoms with Crippen molar-refractivity contribution >= 4 is 29.5 Å². The van der Waals surface area contributed by atoms with Crippen molar-refractivity contribution in [2.75, 3.05) is 26.3 Å². The standard InChI is InChI=1S/C18H17ClN2O5/c19-13-10-12(11-15-17(13)26-9-8-25-15)3-4-16(22)20-5-6-21-18(23)14-2-1-7-24-14/h1-4,7,10-11H,5-6,8-9H2,(H,20,22)(H,21,23)/b4-3+. The Balaban J connectivity index is 1.46. The van der Waals surface area contributed by atoms with E-state index in [1.165, 1.54) is 12.3 Å². The fourth-order valence-corrected chi connectivity index (χ4v) is 2.59. The minimum absolute atomic E-state index is 0.228. The van der Waals surface area contributed by atoms with Crippen LogP contribution in [0, 0.1) is 0 Å². The molecular weight excluding hydrogens is 360 g/mol. The molecule has 1 aliphatic rings. The van der Waals surface area contributed by atoms with E-state index in [0.29, 0.717) is 29.7 Å². The number of halogens is 1. The molecule has 1 aromatic heterocycles. The molecule has 0 spiro atoms. The van der Waals surface area contributed by atoms with Gasteiger partial charge in [-0.05, 0) is 35.9 Å². The smallest absolute Gasteiger partial charge is 0.287 e. The zero-order chi connectivity index (χ0) is 18.4. The number of fused-ring (bicyclic) bond motifs is 1.